The fraction of sp³-hybridized carbons (Fsp3) is 0.393. The molecule has 5 rings (SSSR count). The Kier molecular flexibility index (Phi) is 5.87. The number of rotatable bonds is 9. The van der Waals surface area contributed by atoms with Crippen molar-refractivity contribution in [2.24, 2.45) is 10.8 Å². The largest absolute Gasteiger partial charge is 0.481 e. The molecular formula is C28H30N2O5. The van der Waals surface area contributed by atoms with E-state index in [0.717, 1.165) is 41.5 Å². The summed E-state index contributed by atoms with van der Waals surface area (Å²) in [5.74, 6) is -1.37. The summed E-state index contributed by atoms with van der Waals surface area (Å²) in [5, 5.41) is 15.2. The zero-order valence-corrected chi connectivity index (χ0v) is 19.6. The number of fused-ring (bicyclic) bond motifs is 3. The first-order valence-electron chi connectivity index (χ1n) is 12.1. The van der Waals surface area contributed by atoms with E-state index in [1.165, 1.54) is 0 Å². The summed E-state index contributed by atoms with van der Waals surface area (Å²) in [5.41, 5.74) is 3.43. The highest BCUT2D eigenvalue weighted by atomic mass is 16.5. The third-order valence-electron chi connectivity index (χ3n) is 8.17. The Balaban J connectivity index is 1.19. The van der Waals surface area contributed by atoms with E-state index in [-0.39, 0.29) is 30.9 Å². The second-order valence-electron chi connectivity index (χ2n) is 9.96. The quantitative estimate of drug-likeness (QED) is 0.472. The van der Waals surface area contributed by atoms with Crippen molar-refractivity contribution in [3.63, 3.8) is 0 Å². The van der Waals surface area contributed by atoms with Gasteiger partial charge >= 0.3 is 12.1 Å². The smallest absolute Gasteiger partial charge is 0.407 e. The lowest BCUT2D eigenvalue weighted by atomic mass is 9.75. The summed E-state index contributed by atoms with van der Waals surface area (Å²) in [7, 11) is 0. The normalized spacial score (nSPS) is 21.7. The molecule has 0 aromatic heterocycles. The molecule has 3 aliphatic rings. The molecule has 2 aromatic rings. The molecule has 0 heterocycles. The number of nitrogens with one attached hydrogen (secondary N) is 2. The Morgan fingerprint density at radius 2 is 1.71 bits per heavy atom. The molecule has 2 saturated carbocycles. The minimum absolute atomic E-state index is 0.0706. The molecule has 2 unspecified atom stereocenters. The molecular weight excluding hydrogens is 444 g/mol. The van der Waals surface area contributed by atoms with Crippen LogP contribution in [0.4, 0.5) is 4.79 Å². The summed E-state index contributed by atoms with van der Waals surface area (Å²) in [6.07, 6.45) is 4.48. The highest BCUT2D eigenvalue weighted by Crippen LogP contribution is 2.73. The number of carbonyl (C=O) groups is 3. The van der Waals surface area contributed by atoms with Crippen LogP contribution >= 0.6 is 0 Å². The maximum Gasteiger partial charge on any atom is 0.407 e. The van der Waals surface area contributed by atoms with Gasteiger partial charge in [-0.3, -0.25) is 9.59 Å². The van der Waals surface area contributed by atoms with Crippen molar-refractivity contribution in [1.82, 2.24) is 10.6 Å². The third-order valence-corrected chi connectivity index (χ3v) is 8.17. The van der Waals surface area contributed by atoms with Gasteiger partial charge in [0.25, 0.3) is 0 Å². The standard InChI is InChI=1S/C28H30N2O5/c1-2-8-23(24(31)29-17-28(25(32)33)16-27(28)13-7-14-27)30-26(34)35-15-22-20-11-5-3-9-18(20)19-10-4-6-12-21(19)22/h2-6,9-12,22-23H,1,7-8,13-17H2,(H,29,31)(H,30,34)(H,32,33). The van der Waals surface area contributed by atoms with Gasteiger partial charge in [0, 0.05) is 12.5 Å². The number of carboxylic acids is 1. The van der Waals surface area contributed by atoms with Crippen LogP contribution in [0.15, 0.2) is 61.2 Å². The molecule has 2 amide bonds. The zero-order chi connectivity index (χ0) is 24.6. The fourth-order valence-corrected chi connectivity index (χ4v) is 5.96. The van der Waals surface area contributed by atoms with Gasteiger partial charge < -0.3 is 20.5 Å². The van der Waals surface area contributed by atoms with E-state index in [0.29, 0.717) is 6.42 Å². The molecule has 2 fully saturated rings. The SMILES string of the molecule is C=CCC(NC(=O)OCC1c2ccccc2-c2ccccc21)C(=O)NCC1(C(=O)O)CC12CCC2. The maximum atomic E-state index is 12.8. The van der Waals surface area contributed by atoms with Crippen molar-refractivity contribution in [3.8, 4) is 11.1 Å². The number of carboxylic acid groups (broad SMARTS) is 1. The van der Waals surface area contributed by atoms with Crippen molar-refractivity contribution in [2.45, 2.75) is 44.1 Å². The highest BCUT2D eigenvalue weighted by Gasteiger charge is 2.73. The van der Waals surface area contributed by atoms with Gasteiger partial charge in [-0.05, 0) is 53.4 Å². The number of aliphatic carboxylic acids is 1. The van der Waals surface area contributed by atoms with Gasteiger partial charge in [0.1, 0.15) is 12.6 Å². The van der Waals surface area contributed by atoms with E-state index in [2.05, 4.69) is 29.3 Å². The van der Waals surface area contributed by atoms with E-state index in [1.807, 2.05) is 36.4 Å². The van der Waals surface area contributed by atoms with Crippen molar-refractivity contribution in [3.05, 3.63) is 72.3 Å². The molecule has 182 valence electrons. The van der Waals surface area contributed by atoms with E-state index in [1.54, 1.807) is 6.08 Å². The Bertz CT molecular complexity index is 1140. The molecule has 0 saturated heterocycles. The van der Waals surface area contributed by atoms with Crippen LogP contribution in [-0.4, -0.2) is 42.3 Å². The molecule has 2 atom stereocenters. The van der Waals surface area contributed by atoms with E-state index < -0.39 is 29.4 Å². The van der Waals surface area contributed by atoms with Gasteiger partial charge in [-0.2, -0.15) is 0 Å². The number of carbonyl (C=O) groups excluding carboxylic acids is 2. The predicted molar refractivity (Wildman–Crippen MR) is 131 cm³/mol. The van der Waals surface area contributed by atoms with Gasteiger partial charge in [0.05, 0.1) is 5.41 Å². The summed E-state index contributed by atoms with van der Waals surface area (Å²) in [4.78, 5) is 37.4. The van der Waals surface area contributed by atoms with Gasteiger partial charge in [-0.1, -0.05) is 61.0 Å². The minimum Gasteiger partial charge on any atom is -0.481 e. The van der Waals surface area contributed by atoms with Crippen LogP contribution in [-0.2, 0) is 14.3 Å². The molecule has 3 N–H and O–H groups in total. The minimum atomic E-state index is -0.886. The molecule has 0 bridgehead atoms. The van der Waals surface area contributed by atoms with Crippen LogP contribution in [0.2, 0.25) is 0 Å². The average Bonchev–Trinajstić information content (AvgIpc) is 3.46. The lowest BCUT2D eigenvalue weighted by Gasteiger charge is -2.31. The maximum absolute atomic E-state index is 12.8. The lowest BCUT2D eigenvalue weighted by Crippen LogP contribution is -2.49. The zero-order valence-electron chi connectivity index (χ0n) is 19.6. The Morgan fingerprint density at radius 1 is 1.09 bits per heavy atom. The third kappa shape index (κ3) is 3.89. The van der Waals surface area contributed by atoms with Gasteiger partial charge in [-0.25, -0.2) is 4.79 Å². The summed E-state index contributed by atoms with van der Waals surface area (Å²) < 4.78 is 5.56. The van der Waals surface area contributed by atoms with Crippen molar-refractivity contribution >= 4 is 18.0 Å². The lowest BCUT2D eigenvalue weighted by molar-refractivity contribution is -0.146. The first-order chi connectivity index (χ1) is 16.9. The number of ether oxygens (including phenoxy) is 1. The second kappa shape index (κ2) is 8.87. The highest BCUT2D eigenvalue weighted by molar-refractivity contribution is 5.87. The van der Waals surface area contributed by atoms with Crippen LogP contribution in [0, 0.1) is 10.8 Å². The molecule has 7 nitrogen and oxygen atoms in total. The Labute approximate surface area is 204 Å². The number of hydrogen-bond donors (Lipinski definition) is 3. The summed E-state index contributed by atoms with van der Waals surface area (Å²) >= 11 is 0. The average molecular weight is 475 g/mol. The van der Waals surface area contributed by atoms with Crippen molar-refractivity contribution in [2.75, 3.05) is 13.2 Å². The number of benzene rings is 2. The first-order valence-corrected chi connectivity index (χ1v) is 12.1. The van der Waals surface area contributed by atoms with Gasteiger partial charge in [-0.15, -0.1) is 6.58 Å². The molecule has 1 spiro atoms. The van der Waals surface area contributed by atoms with Gasteiger partial charge in [0.2, 0.25) is 5.91 Å². The predicted octanol–water partition coefficient (Wildman–Crippen LogP) is 4.23. The molecule has 35 heavy (non-hydrogen) atoms. The van der Waals surface area contributed by atoms with Crippen LogP contribution in [0.5, 0.6) is 0 Å². The molecule has 0 radical (unpaired) electrons. The van der Waals surface area contributed by atoms with Crippen LogP contribution < -0.4 is 10.6 Å². The fourth-order valence-electron chi connectivity index (χ4n) is 5.96. The molecule has 7 heteroatoms. The molecule has 3 aliphatic carbocycles. The second-order valence-corrected chi connectivity index (χ2v) is 9.96. The number of alkyl carbamates (subject to hydrolysis) is 1. The van der Waals surface area contributed by atoms with Crippen LogP contribution in [0.1, 0.15) is 49.1 Å². The number of hydrogen-bond acceptors (Lipinski definition) is 4. The summed E-state index contributed by atoms with van der Waals surface area (Å²) in [6, 6.07) is 15.3. The summed E-state index contributed by atoms with van der Waals surface area (Å²) in [6.45, 7) is 3.89. The van der Waals surface area contributed by atoms with Crippen LogP contribution in [0.25, 0.3) is 11.1 Å². The monoisotopic (exact) mass is 474 g/mol. The topological polar surface area (TPSA) is 105 Å². The van der Waals surface area contributed by atoms with Crippen molar-refractivity contribution < 1.29 is 24.2 Å². The van der Waals surface area contributed by atoms with E-state index in [4.69, 9.17) is 4.74 Å². The Hall–Kier alpha value is -3.61. The Morgan fingerprint density at radius 3 is 2.23 bits per heavy atom. The molecule has 2 aromatic carbocycles. The first kappa shape index (κ1) is 23.1. The van der Waals surface area contributed by atoms with Crippen LogP contribution in [0.3, 0.4) is 0 Å². The van der Waals surface area contributed by atoms with Gasteiger partial charge in [0.15, 0.2) is 0 Å². The number of amides is 2. The van der Waals surface area contributed by atoms with E-state index in [9.17, 15) is 19.5 Å². The van der Waals surface area contributed by atoms with Crippen molar-refractivity contribution in [1.29, 1.82) is 0 Å². The molecule has 0 aliphatic heterocycles. The van der Waals surface area contributed by atoms with E-state index >= 15 is 0 Å².